The fourth-order valence-electron chi connectivity index (χ4n) is 2.58. The third kappa shape index (κ3) is 2.11. The summed E-state index contributed by atoms with van der Waals surface area (Å²) in [4.78, 5) is 0. The Bertz CT molecular complexity index is 376. The summed E-state index contributed by atoms with van der Waals surface area (Å²) in [5.74, 6) is 0.374. The van der Waals surface area contributed by atoms with Crippen molar-refractivity contribution in [3.8, 4) is 5.75 Å². The molecule has 0 saturated carbocycles. The average Bonchev–Trinajstić information content (AvgIpc) is 2.41. The van der Waals surface area contributed by atoms with Gasteiger partial charge >= 0.3 is 0 Å². The number of rotatable bonds is 2. The zero-order valence-corrected chi connectivity index (χ0v) is 11.8. The van der Waals surface area contributed by atoms with Crippen LogP contribution in [0.5, 0.6) is 5.75 Å². The van der Waals surface area contributed by atoms with E-state index in [0.717, 1.165) is 13.0 Å². The van der Waals surface area contributed by atoms with Crippen molar-refractivity contribution in [1.82, 2.24) is 5.32 Å². The van der Waals surface area contributed by atoms with E-state index in [4.69, 9.17) is 0 Å². The van der Waals surface area contributed by atoms with Gasteiger partial charge in [0.15, 0.2) is 0 Å². The molecule has 0 saturated heterocycles. The van der Waals surface area contributed by atoms with E-state index in [9.17, 15) is 5.11 Å². The van der Waals surface area contributed by atoms with Gasteiger partial charge in [-0.2, -0.15) is 0 Å². The number of phenolic OH excluding ortho intramolecular Hbond substituents is 1. The van der Waals surface area contributed by atoms with E-state index in [1.807, 2.05) is 12.1 Å². The van der Waals surface area contributed by atoms with Crippen molar-refractivity contribution in [2.75, 3.05) is 6.54 Å². The van der Waals surface area contributed by atoms with Crippen LogP contribution in [0.1, 0.15) is 31.9 Å². The summed E-state index contributed by atoms with van der Waals surface area (Å²) < 4.78 is 0. The maximum Gasteiger partial charge on any atom is 0.115 e. The molecule has 2 rings (SSSR count). The Morgan fingerprint density at radius 1 is 1.44 bits per heavy atom. The molecule has 1 aromatic rings. The van der Waals surface area contributed by atoms with E-state index in [0.29, 0.717) is 11.8 Å². The average molecular weight is 286 g/mol. The molecular formula is C13H20BrNO. The normalized spacial score (nSPS) is 21.3. The Kier molecular flexibility index (Phi) is 4.02. The van der Waals surface area contributed by atoms with E-state index >= 15 is 0 Å². The number of likely N-dealkylation sites (N-methyl/N-ethyl adjacent to an activating group) is 1. The van der Waals surface area contributed by atoms with E-state index in [1.54, 1.807) is 6.07 Å². The zero-order valence-electron chi connectivity index (χ0n) is 10.1. The lowest BCUT2D eigenvalue weighted by Gasteiger charge is -2.28. The SMILES string of the molecule is Br.CCNC1Cc2ccc(O)cc2C1(C)C. The van der Waals surface area contributed by atoms with Crippen LogP contribution in [-0.4, -0.2) is 17.7 Å². The van der Waals surface area contributed by atoms with Gasteiger partial charge in [0.1, 0.15) is 5.75 Å². The summed E-state index contributed by atoms with van der Waals surface area (Å²) >= 11 is 0. The molecule has 1 aliphatic rings. The maximum atomic E-state index is 9.52. The molecule has 1 aromatic carbocycles. The summed E-state index contributed by atoms with van der Waals surface area (Å²) in [5, 5.41) is 13.0. The molecule has 2 nitrogen and oxygen atoms in total. The fourth-order valence-corrected chi connectivity index (χ4v) is 2.58. The zero-order chi connectivity index (χ0) is 11.1. The molecule has 0 amide bonds. The quantitative estimate of drug-likeness (QED) is 0.876. The predicted molar refractivity (Wildman–Crippen MR) is 72.6 cm³/mol. The predicted octanol–water partition coefficient (Wildman–Crippen LogP) is 2.78. The number of hydrogen-bond acceptors (Lipinski definition) is 2. The lowest BCUT2D eigenvalue weighted by Crippen LogP contribution is -2.41. The van der Waals surface area contributed by atoms with Crippen LogP contribution in [-0.2, 0) is 11.8 Å². The number of nitrogens with one attached hydrogen (secondary N) is 1. The first-order chi connectivity index (χ1) is 7.05. The second kappa shape index (κ2) is 4.76. The molecule has 1 atom stereocenters. The van der Waals surface area contributed by atoms with Gasteiger partial charge in [-0.05, 0) is 36.2 Å². The van der Waals surface area contributed by atoms with Crippen molar-refractivity contribution in [3.63, 3.8) is 0 Å². The van der Waals surface area contributed by atoms with E-state index < -0.39 is 0 Å². The second-order valence-corrected chi connectivity index (χ2v) is 4.88. The van der Waals surface area contributed by atoms with Crippen molar-refractivity contribution in [2.45, 2.75) is 38.6 Å². The number of fused-ring (bicyclic) bond motifs is 1. The number of halogens is 1. The summed E-state index contributed by atoms with van der Waals surface area (Å²) in [6, 6.07) is 6.22. The largest absolute Gasteiger partial charge is 0.508 e. The molecule has 2 N–H and O–H groups in total. The third-order valence-corrected chi connectivity index (χ3v) is 3.53. The molecular weight excluding hydrogens is 266 g/mol. The van der Waals surface area contributed by atoms with Crippen molar-refractivity contribution in [2.24, 2.45) is 0 Å². The molecule has 90 valence electrons. The highest BCUT2D eigenvalue weighted by Crippen LogP contribution is 2.39. The molecule has 0 spiro atoms. The maximum absolute atomic E-state index is 9.52. The van der Waals surface area contributed by atoms with Crippen LogP contribution in [0, 0.1) is 0 Å². The minimum Gasteiger partial charge on any atom is -0.508 e. The van der Waals surface area contributed by atoms with Crippen molar-refractivity contribution >= 4 is 17.0 Å². The molecule has 16 heavy (non-hydrogen) atoms. The van der Waals surface area contributed by atoms with Gasteiger partial charge in [-0.25, -0.2) is 0 Å². The Balaban J connectivity index is 0.00000128. The van der Waals surface area contributed by atoms with Gasteiger partial charge in [0.25, 0.3) is 0 Å². The first kappa shape index (κ1) is 13.5. The molecule has 0 bridgehead atoms. The molecule has 0 aliphatic heterocycles. The lowest BCUT2D eigenvalue weighted by molar-refractivity contribution is 0.373. The third-order valence-electron chi connectivity index (χ3n) is 3.53. The van der Waals surface area contributed by atoms with Crippen LogP contribution in [0.15, 0.2) is 18.2 Å². The molecule has 0 fully saturated rings. The highest BCUT2D eigenvalue weighted by Gasteiger charge is 2.38. The Hall–Kier alpha value is -0.540. The van der Waals surface area contributed by atoms with Gasteiger partial charge in [-0.1, -0.05) is 26.8 Å². The molecule has 1 unspecified atom stereocenters. The summed E-state index contributed by atoms with van der Waals surface area (Å²) in [7, 11) is 0. The molecule has 3 heteroatoms. The molecule has 0 heterocycles. The molecule has 0 aromatic heterocycles. The monoisotopic (exact) mass is 285 g/mol. The van der Waals surface area contributed by atoms with Gasteiger partial charge in [-0.3, -0.25) is 0 Å². The van der Waals surface area contributed by atoms with Gasteiger partial charge in [-0.15, -0.1) is 17.0 Å². The standard InChI is InChI=1S/C13H19NO.BrH/c1-4-14-12-7-9-5-6-10(15)8-11(9)13(12,2)3;/h5-6,8,12,14-15H,4,7H2,1-3H3;1H. The Labute approximate surface area is 108 Å². The van der Waals surface area contributed by atoms with E-state index in [-0.39, 0.29) is 22.4 Å². The van der Waals surface area contributed by atoms with Gasteiger partial charge in [0.2, 0.25) is 0 Å². The van der Waals surface area contributed by atoms with Crippen molar-refractivity contribution < 1.29 is 5.11 Å². The highest BCUT2D eigenvalue weighted by atomic mass is 79.9. The second-order valence-electron chi connectivity index (χ2n) is 4.88. The van der Waals surface area contributed by atoms with Crippen LogP contribution in [0.4, 0.5) is 0 Å². The van der Waals surface area contributed by atoms with E-state index in [1.165, 1.54) is 11.1 Å². The minimum absolute atomic E-state index is 0. The van der Waals surface area contributed by atoms with Crippen LogP contribution in [0.25, 0.3) is 0 Å². The fraction of sp³-hybridized carbons (Fsp3) is 0.538. The lowest BCUT2D eigenvalue weighted by atomic mass is 9.83. The number of benzene rings is 1. The number of aromatic hydroxyl groups is 1. The van der Waals surface area contributed by atoms with Gasteiger partial charge < -0.3 is 10.4 Å². The summed E-state index contributed by atoms with van der Waals surface area (Å²) in [6.07, 6.45) is 1.07. The van der Waals surface area contributed by atoms with Gasteiger partial charge in [0, 0.05) is 11.5 Å². The summed E-state index contributed by atoms with van der Waals surface area (Å²) in [6.45, 7) is 7.61. The minimum atomic E-state index is 0. The first-order valence-electron chi connectivity index (χ1n) is 5.61. The highest BCUT2D eigenvalue weighted by molar-refractivity contribution is 8.93. The molecule has 1 aliphatic carbocycles. The Morgan fingerprint density at radius 3 is 2.75 bits per heavy atom. The van der Waals surface area contributed by atoms with Gasteiger partial charge in [0.05, 0.1) is 0 Å². The van der Waals surface area contributed by atoms with E-state index in [2.05, 4.69) is 26.1 Å². The van der Waals surface area contributed by atoms with Crippen molar-refractivity contribution in [1.29, 1.82) is 0 Å². The van der Waals surface area contributed by atoms with Crippen LogP contribution >= 0.6 is 17.0 Å². The van der Waals surface area contributed by atoms with Crippen molar-refractivity contribution in [3.05, 3.63) is 29.3 Å². The smallest absolute Gasteiger partial charge is 0.115 e. The number of phenols is 1. The van der Waals surface area contributed by atoms with Crippen LogP contribution in [0.2, 0.25) is 0 Å². The van der Waals surface area contributed by atoms with Crippen LogP contribution in [0.3, 0.4) is 0 Å². The number of hydrogen-bond donors (Lipinski definition) is 2. The summed E-state index contributed by atoms with van der Waals surface area (Å²) in [5.41, 5.74) is 2.77. The Morgan fingerprint density at radius 2 is 2.12 bits per heavy atom. The first-order valence-corrected chi connectivity index (χ1v) is 5.61. The van der Waals surface area contributed by atoms with Crippen LogP contribution < -0.4 is 5.32 Å². The topological polar surface area (TPSA) is 32.3 Å². The molecule has 0 radical (unpaired) electrons.